The summed E-state index contributed by atoms with van der Waals surface area (Å²) < 4.78 is 14.2. The monoisotopic (exact) mass is 323 g/mol. The molecule has 3 nitrogen and oxygen atoms in total. The Labute approximate surface area is 120 Å². The summed E-state index contributed by atoms with van der Waals surface area (Å²) in [5.74, 6) is 0.503. The summed E-state index contributed by atoms with van der Waals surface area (Å²) in [6, 6.07) is 6.61. The molecule has 1 aromatic heterocycles. The summed E-state index contributed by atoms with van der Waals surface area (Å²) in [4.78, 5) is 8.50. The lowest BCUT2D eigenvalue weighted by Gasteiger charge is -2.17. The second-order valence-electron chi connectivity index (χ2n) is 4.31. The lowest BCUT2D eigenvalue weighted by molar-refractivity contribution is 0.566. The van der Waals surface area contributed by atoms with Crippen LogP contribution in [-0.4, -0.2) is 17.0 Å². The maximum Gasteiger partial charge on any atom is 0.125 e. The average molecular weight is 324 g/mol. The van der Waals surface area contributed by atoms with Crippen molar-refractivity contribution in [1.29, 1.82) is 0 Å². The average Bonchev–Trinajstić information content (AvgIpc) is 2.39. The van der Waals surface area contributed by atoms with Crippen LogP contribution in [0.2, 0.25) is 0 Å². The van der Waals surface area contributed by atoms with E-state index >= 15 is 0 Å². The quantitative estimate of drug-likeness (QED) is 0.939. The Morgan fingerprint density at radius 2 is 2.16 bits per heavy atom. The molecule has 100 valence electrons. The first kappa shape index (κ1) is 14.1. The zero-order chi connectivity index (χ0) is 13.8. The molecule has 0 fully saturated rings. The van der Waals surface area contributed by atoms with Crippen LogP contribution in [-0.2, 0) is 6.42 Å². The molecule has 0 saturated carbocycles. The number of halogens is 2. The minimum Gasteiger partial charge on any atom is -0.311 e. The summed E-state index contributed by atoms with van der Waals surface area (Å²) in [5, 5.41) is 3.21. The van der Waals surface area contributed by atoms with E-state index < -0.39 is 0 Å². The maximum absolute atomic E-state index is 13.3. The smallest absolute Gasteiger partial charge is 0.125 e. The van der Waals surface area contributed by atoms with Gasteiger partial charge in [-0.3, -0.25) is 0 Å². The van der Waals surface area contributed by atoms with Crippen LogP contribution in [0.4, 0.5) is 4.39 Å². The Morgan fingerprint density at radius 3 is 2.84 bits per heavy atom. The van der Waals surface area contributed by atoms with Gasteiger partial charge in [-0.2, -0.15) is 0 Å². The lowest BCUT2D eigenvalue weighted by Crippen LogP contribution is -2.20. The highest BCUT2D eigenvalue weighted by Gasteiger charge is 2.14. The van der Waals surface area contributed by atoms with Crippen LogP contribution in [0.1, 0.15) is 23.1 Å². The number of hydrogen-bond acceptors (Lipinski definition) is 3. The number of aromatic nitrogens is 2. The van der Waals surface area contributed by atoms with Gasteiger partial charge in [0.15, 0.2) is 0 Å². The third-order valence-corrected chi connectivity index (χ3v) is 3.71. The Kier molecular flexibility index (Phi) is 4.61. The van der Waals surface area contributed by atoms with Gasteiger partial charge in [-0.15, -0.1) is 0 Å². The number of aryl methyl sites for hydroxylation is 1. The maximum atomic E-state index is 13.3. The fourth-order valence-corrected chi connectivity index (χ4v) is 2.35. The number of hydrogen-bond donors (Lipinski definition) is 1. The van der Waals surface area contributed by atoms with E-state index in [9.17, 15) is 4.39 Å². The first-order valence-corrected chi connectivity index (χ1v) is 6.80. The van der Waals surface area contributed by atoms with Crippen molar-refractivity contribution in [3.63, 3.8) is 0 Å². The fraction of sp³-hybridized carbons (Fsp3) is 0.286. The van der Waals surface area contributed by atoms with Crippen molar-refractivity contribution in [3.05, 3.63) is 57.8 Å². The number of likely N-dealkylation sites (N-methyl/N-ethyl adjacent to an activating group) is 1. The molecule has 1 aromatic carbocycles. The highest BCUT2D eigenvalue weighted by molar-refractivity contribution is 9.10. The molecule has 0 aliphatic rings. The SMILES string of the molecule is CNC(Cc1cc(F)ccc1Br)c1ccnc(C)n1. The summed E-state index contributed by atoms with van der Waals surface area (Å²) in [5.41, 5.74) is 1.82. The molecule has 0 bridgehead atoms. The van der Waals surface area contributed by atoms with Crippen LogP contribution < -0.4 is 5.32 Å². The molecule has 2 rings (SSSR count). The minimum atomic E-state index is -0.230. The van der Waals surface area contributed by atoms with E-state index in [1.807, 2.05) is 20.0 Å². The van der Waals surface area contributed by atoms with Crippen LogP contribution in [0.15, 0.2) is 34.9 Å². The lowest BCUT2D eigenvalue weighted by atomic mass is 10.0. The van der Waals surface area contributed by atoms with Gasteiger partial charge in [-0.1, -0.05) is 15.9 Å². The third kappa shape index (κ3) is 3.58. The zero-order valence-electron chi connectivity index (χ0n) is 10.8. The van der Waals surface area contributed by atoms with Crippen LogP contribution >= 0.6 is 15.9 Å². The Morgan fingerprint density at radius 1 is 1.37 bits per heavy atom. The molecule has 0 aliphatic carbocycles. The van der Waals surface area contributed by atoms with E-state index in [1.165, 1.54) is 6.07 Å². The van der Waals surface area contributed by atoms with Gasteiger partial charge in [0.2, 0.25) is 0 Å². The number of nitrogens with zero attached hydrogens (tertiary/aromatic N) is 2. The fourth-order valence-electron chi connectivity index (χ4n) is 1.94. The molecular formula is C14H15BrFN3. The summed E-state index contributed by atoms with van der Waals surface area (Å²) in [7, 11) is 1.87. The van der Waals surface area contributed by atoms with Gasteiger partial charge in [0.25, 0.3) is 0 Å². The highest BCUT2D eigenvalue weighted by Crippen LogP contribution is 2.23. The van der Waals surface area contributed by atoms with Gasteiger partial charge < -0.3 is 5.32 Å². The van der Waals surface area contributed by atoms with E-state index in [2.05, 4.69) is 31.2 Å². The van der Waals surface area contributed by atoms with E-state index in [4.69, 9.17) is 0 Å². The first-order chi connectivity index (χ1) is 9.10. The molecule has 19 heavy (non-hydrogen) atoms. The Balaban J connectivity index is 2.26. The van der Waals surface area contributed by atoms with Crippen molar-refractivity contribution in [2.24, 2.45) is 0 Å². The molecule has 2 aromatic rings. The largest absolute Gasteiger partial charge is 0.311 e. The number of nitrogens with one attached hydrogen (secondary N) is 1. The second kappa shape index (κ2) is 6.21. The predicted molar refractivity (Wildman–Crippen MR) is 76.4 cm³/mol. The van der Waals surface area contributed by atoms with E-state index in [0.717, 1.165) is 21.6 Å². The minimum absolute atomic E-state index is 0.0276. The van der Waals surface area contributed by atoms with Gasteiger partial charge in [-0.25, -0.2) is 14.4 Å². The number of benzene rings is 1. The predicted octanol–water partition coefficient (Wildman–Crippen LogP) is 3.19. The van der Waals surface area contributed by atoms with Gasteiger partial charge in [0.05, 0.1) is 11.7 Å². The Hall–Kier alpha value is -1.33. The number of rotatable bonds is 4. The van der Waals surface area contributed by atoms with Crippen LogP contribution in [0.25, 0.3) is 0 Å². The van der Waals surface area contributed by atoms with E-state index in [-0.39, 0.29) is 11.9 Å². The van der Waals surface area contributed by atoms with Crippen LogP contribution in [0, 0.1) is 12.7 Å². The molecule has 1 N–H and O–H groups in total. The highest BCUT2D eigenvalue weighted by atomic mass is 79.9. The first-order valence-electron chi connectivity index (χ1n) is 6.01. The third-order valence-electron chi connectivity index (χ3n) is 2.93. The van der Waals surface area contributed by atoms with Crippen molar-refractivity contribution >= 4 is 15.9 Å². The molecule has 5 heteroatoms. The molecule has 0 saturated heterocycles. The molecule has 1 heterocycles. The van der Waals surface area contributed by atoms with Crippen molar-refractivity contribution in [1.82, 2.24) is 15.3 Å². The van der Waals surface area contributed by atoms with Gasteiger partial charge >= 0.3 is 0 Å². The summed E-state index contributed by atoms with van der Waals surface area (Å²) >= 11 is 3.45. The zero-order valence-corrected chi connectivity index (χ0v) is 12.4. The van der Waals surface area contributed by atoms with Crippen molar-refractivity contribution in [2.75, 3.05) is 7.05 Å². The topological polar surface area (TPSA) is 37.8 Å². The normalized spacial score (nSPS) is 12.4. The van der Waals surface area contributed by atoms with Crippen molar-refractivity contribution in [2.45, 2.75) is 19.4 Å². The summed E-state index contributed by atoms with van der Waals surface area (Å²) in [6.45, 7) is 1.86. The standard InChI is InChI=1S/C14H15BrFN3/c1-9-18-6-5-13(19-9)14(17-2)8-10-7-11(16)3-4-12(10)15/h3-7,14,17H,8H2,1-2H3. The molecule has 0 radical (unpaired) electrons. The molecule has 1 unspecified atom stereocenters. The molecule has 0 aliphatic heterocycles. The van der Waals surface area contributed by atoms with Gasteiger partial charge in [0, 0.05) is 10.7 Å². The van der Waals surface area contributed by atoms with E-state index in [0.29, 0.717) is 6.42 Å². The van der Waals surface area contributed by atoms with E-state index in [1.54, 1.807) is 18.3 Å². The molecule has 1 atom stereocenters. The van der Waals surface area contributed by atoms with Crippen LogP contribution in [0.3, 0.4) is 0 Å². The molecular weight excluding hydrogens is 309 g/mol. The van der Waals surface area contributed by atoms with Crippen LogP contribution in [0.5, 0.6) is 0 Å². The second-order valence-corrected chi connectivity index (χ2v) is 5.16. The molecule has 0 amide bonds. The van der Waals surface area contributed by atoms with Gasteiger partial charge in [0.1, 0.15) is 11.6 Å². The summed E-state index contributed by atoms with van der Waals surface area (Å²) in [6.07, 6.45) is 2.40. The Bertz CT molecular complexity index is 574. The van der Waals surface area contributed by atoms with Gasteiger partial charge in [-0.05, 0) is 50.2 Å². The van der Waals surface area contributed by atoms with Crippen molar-refractivity contribution < 1.29 is 4.39 Å². The van der Waals surface area contributed by atoms with Crippen molar-refractivity contribution in [3.8, 4) is 0 Å². The molecule has 0 spiro atoms.